The van der Waals surface area contributed by atoms with Gasteiger partial charge in [-0.25, -0.2) is 8.78 Å². The van der Waals surface area contributed by atoms with Crippen molar-refractivity contribution in [3.63, 3.8) is 0 Å². The summed E-state index contributed by atoms with van der Waals surface area (Å²) in [4.78, 5) is 0. The number of halogens is 2. The molecule has 4 heteroatoms. The highest BCUT2D eigenvalue weighted by molar-refractivity contribution is 5.26. The Bertz CT molecular complexity index is 699. The van der Waals surface area contributed by atoms with Crippen LogP contribution in [0.1, 0.15) is 92.4 Å². The van der Waals surface area contributed by atoms with Crippen molar-refractivity contribution in [2.24, 2.45) is 40.4 Å². The van der Waals surface area contributed by atoms with E-state index in [1.807, 2.05) is 13.8 Å². The second kappa shape index (κ2) is 7.27. The highest BCUT2D eigenvalue weighted by Gasteiger charge is 2.60. The quantitative estimate of drug-likeness (QED) is 0.516. The molecule has 0 aliphatic heterocycles. The molecule has 0 bridgehead atoms. The van der Waals surface area contributed by atoms with Crippen LogP contribution < -0.4 is 0 Å². The summed E-state index contributed by atoms with van der Waals surface area (Å²) < 4.78 is 28.6. The Labute approximate surface area is 181 Å². The number of hydrogen-bond donors (Lipinski definition) is 2. The molecule has 0 aromatic rings. The second-order valence-corrected chi connectivity index (χ2v) is 12.3. The average Bonchev–Trinajstić information content (AvgIpc) is 2.99. The van der Waals surface area contributed by atoms with E-state index in [2.05, 4.69) is 19.9 Å². The average molecular weight is 425 g/mol. The minimum Gasteiger partial charge on any atom is -0.390 e. The van der Waals surface area contributed by atoms with Crippen molar-refractivity contribution in [2.75, 3.05) is 0 Å². The molecule has 9 atom stereocenters. The molecule has 2 unspecified atom stereocenters. The van der Waals surface area contributed by atoms with Gasteiger partial charge in [0.25, 0.3) is 5.92 Å². The van der Waals surface area contributed by atoms with Crippen molar-refractivity contribution in [2.45, 2.75) is 110 Å². The van der Waals surface area contributed by atoms with Crippen LogP contribution in [0.5, 0.6) is 0 Å². The Morgan fingerprint density at radius 1 is 1.07 bits per heavy atom. The van der Waals surface area contributed by atoms with Crippen LogP contribution in [0, 0.1) is 40.4 Å². The zero-order chi connectivity index (χ0) is 22.1. The molecule has 2 nitrogen and oxygen atoms in total. The van der Waals surface area contributed by atoms with E-state index in [1.54, 1.807) is 0 Å². The smallest absolute Gasteiger partial charge is 0.273 e. The van der Waals surface area contributed by atoms with Crippen LogP contribution >= 0.6 is 0 Å². The molecule has 4 rings (SSSR count). The summed E-state index contributed by atoms with van der Waals surface area (Å²) in [7, 11) is 0. The molecule has 3 fully saturated rings. The van der Waals surface area contributed by atoms with E-state index in [-0.39, 0.29) is 23.2 Å². The van der Waals surface area contributed by atoms with Crippen molar-refractivity contribution < 1.29 is 19.0 Å². The summed E-state index contributed by atoms with van der Waals surface area (Å²) in [6.45, 7) is 10.0. The van der Waals surface area contributed by atoms with Crippen LogP contribution in [0.2, 0.25) is 0 Å². The summed E-state index contributed by atoms with van der Waals surface area (Å²) in [5.74, 6) is -0.829. The molecule has 3 saturated carbocycles. The molecule has 4 aliphatic carbocycles. The molecule has 0 saturated heterocycles. The van der Waals surface area contributed by atoms with Crippen LogP contribution in [0.25, 0.3) is 0 Å². The molecule has 0 heterocycles. The van der Waals surface area contributed by atoms with Gasteiger partial charge in [-0.05, 0) is 106 Å². The molecule has 4 aliphatic rings. The normalized spacial score (nSPS) is 48.2. The number of rotatable bonds is 4. The first kappa shape index (κ1) is 22.7. The summed E-state index contributed by atoms with van der Waals surface area (Å²) in [5.41, 5.74) is 1.25. The molecule has 2 N–H and O–H groups in total. The van der Waals surface area contributed by atoms with E-state index in [0.717, 1.165) is 44.9 Å². The number of hydrogen-bond acceptors (Lipinski definition) is 2. The van der Waals surface area contributed by atoms with Gasteiger partial charge >= 0.3 is 0 Å². The molecule has 0 aromatic carbocycles. The Morgan fingerprint density at radius 2 is 1.77 bits per heavy atom. The van der Waals surface area contributed by atoms with Crippen molar-refractivity contribution in [3.05, 3.63) is 11.6 Å². The van der Waals surface area contributed by atoms with Gasteiger partial charge < -0.3 is 10.2 Å². The minimum absolute atomic E-state index is 0.0730. The van der Waals surface area contributed by atoms with Crippen LogP contribution in [0.15, 0.2) is 11.6 Å². The minimum atomic E-state index is -3.00. The molecule has 0 amide bonds. The van der Waals surface area contributed by atoms with E-state index in [4.69, 9.17) is 0 Å². The number of allylic oxidation sites excluding steroid dienone is 1. The Hall–Kier alpha value is -0.480. The van der Waals surface area contributed by atoms with Crippen LogP contribution in [-0.4, -0.2) is 27.8 Å². The van der Waals surface area contributed by atoms with Crippen LogP contribution in [0.4, 0.5) is 8.78 Å². The fourth-order valence-electron chi connectivity index (χ4n) is 8.52. The first-order valence-electron chi connectivity index (χ1n) is 12.3. The monoisotopic (exact) mass is 424 g/mol. The third-order valence-corrected chi connectivity index (χ3v) is 10.3. The van der Waals surface area contributed by atoms with Gasteiger partial charge in [0.2, 0.25) is 0 Å². The fourth-order valence-corrected chi connectivity index (χ4v) is 8.52. The van der Waals surface area contributed by atoms with Crippen molar-refractivity contribution in [1.82, 2.24) is 0 Å². The van der Waals surface area contributed by atoms with Gasteiger partial charge in [0.05, 0.1) is 5.60 Å². The first-order chi connectivity index (χ1) is 13.8. The molecule has 0 radical (unpaired) electrons. The van der Waals surface area contributed by atoms with Crippen LogP contribution in [-0.2, 0) is 0 Å². The predicted octanol–water partition coefficient (Wildman–Crippen LogP) is 6.36. The van der Waals surface area contributed by atoms with Crippen molar-refractivity contribution >= 4 is 0 Å². The van der Waals surface area contributed by atoms with Crippen molar-refractivity contribution in [1.29, 1.82) is 0 Å². The predicted molar refractivity (Wildman–Crippen MR) is 116 cm³/mol. The highest BCUT2D eigenvalue weighted by Crippen LogP contribution is 2.67. The van der Waals surface area contributed by atoms with Gasteiger partial charge in [-0.1, -0.05) is 32.4 Å². The number of aliphatic hydroxyl groups is 2. The number of alkyl halides is 2. The Morgan fingerprint density at radius 3 is 2.43 bits per heavy atom. The fraction of sp³-hybridized carbons (Fsp3) is 0.923. The lowest BCUT2D eigenvalue weighted by Crippen LogP contribution is -2.52. The molecule has 172 valence electrons. The summed E-state index contributed by atoms with van der Waals surface area (Å²) in [6.07, 6.45) is 9.02. The highest BCUT2D eigenvalue weighted by atomic mass is 19.3. The SMILES string of the molecule is CC(O)C(F)(F)C[C@@H](C)[C@H]1CC[C@H]2[C@@H]3CC=C4C[C@@](C)(O)CC[C@]4(C)C3CC[C@]12C. The molecule has 30 heavy (non-hydrogen) atoms. The third kappa shape index (κ3) is 3.49. The lowest BCUT2D eigenvalue weighted by molar-refractivity contribution is -0.125. The van der Waals surface area contributed by atoms with E-state index < -0.39 is 17.6 Å². The van der Waals surface area contributed by atoms with Gasteiger partial charge in [0, 0.05) is 6.42 Å². The first-order valence-corrected chi connectivity index (χ1v) is 12.3. The maximum atomic E-state index is 14.3. The standard InChI is InChI=1S/C26H42F2O2/c1-16(14-26(27,28)17(2)29)20-8-9-21-19-7-6-18-15-23(3,30)12-13-24(18,4)22(19)10-11-25(20,21)5/h6,16-17,19-22,29-30H,7-15H2,1-5H3/t16-,17?,19+,20-,21+,22?,23+,24+,25-/m1/s1. The summed E-state index contributed by atoms with van der Waals surface area (Å²) >= 11 is 0. The van der Waals surface area contributed by atoms with E-state index >= 15 is 0 Å². The summed E-state index contributed by atoms with van der Waals surface area (Å²) in [5, 5.41) is 20.1. The van der Waals surface area contributed by atoms with Gasteiger partial charge in [0.15, 0.2) is 0 Å². The summed E-state index contributed by atoms with van der Waals surface area (Å²) in [6, 6.07) is 0. The van der Waals surface area contributed by atoms with E-state index in [1.165, 1.54) is 18.9 Å². The zero-order valence-corrected chi connectivity index (χ0v) is 19.6. The molecule has 0 aromatic heterocycles. The topological polar surface area (TPSA) is 40.5 Å². The Balaban J connectivity index is 1.55. The van der Waals surface area contributed by atoms with Crippen molar-refractivity contribution in [3.8, 4) is 0 Å². The molecular weight excluding hydrogens is 382 g/mol. The van der Waals surface area contributed by atoms with Gasteiger partial charge in [0.1, 0.15) is 6.10 Å². The lowest BCUT2D eigenvalue weighted by atomic mass is 9.46. The lowest BCUT2D eigenvalue weighted by Gasteiger charge is -2.59. The maximum absolute atomic E-state index is 14.3. The van der Waals surface area contributed by atoms with E-state index in [0.29, 0.717) is 23.7 Å². The second-order valence-electron chi connectivity index (χ2n) is 12.3. The molecular formula is C26H42F2O2. The van der Waals surface area contributed by atoms with Gasteiger partial charge in [-0.3, -0.25) is 0 Å². The third-order valence-electron chi connectivity index (χ3n) is 10.3. The zero-order valence-electron chi connectivity index (χ0n) is 19.6. The van der Waals surface area contributed by atoms with E-state index in [9.17, 15) is 19.0 Å². The van der Waals surface area contributed by atoms with Gasteiger partial charge in [-0.2, -0.15) is 0 Å². The largest absolute Gasteiger partial charge is 0.390 e. The Kier molecular flexibility index (Phi) is 5.50. The number of aliphatic hydroxyl groups excluding tert-OH is 1. The van der Waals surface area contributed by atoms with Gasteiger partial charge in [-0.15, -0.1) is 0 Å². The maximum Gasteiger partial charge on any atom is 0.273 e. The molecule has 0 spiro atoms. The number of fused-ring (bicyclic) bond motifs is 5. The van der Waals surface area contributed by atoms with Crippen LogP contribution in [0.3, 0.4) is 0 Å².